The number of hydrogen-bond donors (Lipinski definition) is 1. The number of carbonyl (C=O) groups excluding carboxylic acids is 1. The molecule has 2 aromatic rings. The molecule has 0 saturated heterocycles. The Labute approximate surface area is 139 Å². The normalized spacial score (nSPS) is 17.8. The molecule has 7 heteroatoms. The second-order valence-electron chi connectivity index (χ2n) is 6.01. The molecule has 2 aliphatic rings. The molecule has 0 spiro atoms. The first-order valence-corrected chi connectivity index (χ1v) is 9.12. The molecule has 1 aliphatic carbocycles. The highest BCUT2D eigenvalue weighted by atomic mass is 32.2. The molecule has 0 unspecified atom stereocenters. The molecule has 4 rings (SSSR count). The van der Waals surface area contributed by atoms with Crippen LogP contribution in [-0.2, 0) is 14.8 Å². The lowest BCUT2D eigenvalue weighted by molar-refractivity contribution is -0.119. The van der Waals surface area contributed by atoms with Crippen LogP contribution in [0.5, 0.6) is 0 Å². The quantitative estimate of drug-likeness (QED) is 0.927. The molecule has 0 atom stereocenters. The van der Waals surface area contributed by atoms with E-state index in [1.165, 1.54) is 24.3 Å². The molecule has 5 nitrogen and oxygen atoms in total. The standard InChI is InChI=1S/C17H15FN2O3S/c18-11-5-8-15-14(9-11)13-3-1-2-4-16(13)24(22,23)20(15)10-17(21)19-12-6-7-12/h1-5,8-9,12H,6-7,10H2,(H,19,21). The summed E-state index contributed by atoms with van der Waals surface area (Å²) in [5, 5.41) is 2.79. The largest absolute Gasteiger partial charge is 0.352 e. The third kappa shape index (κ3) is 2.45. The summed E-state index contributed by atoms with van der Waals surface area (Å²) in [5.74, 6) is -0.805. The minimum atomic E-state index is -3.87. The van der Waals surface area contributed by atoms with Gasteiger partial charge in [0.2, 0.25) is 5.91 Å². The fraction of sp³-hybridized carbons (Fsp3) is 0.235. The lowest BCUT2D eigenvalue weighted by atomic mass is 10.0. The lowest BCUT2D eigenvalue weighted by Gasteiger charge is -2.31. The SMILES string of the molecule is O=C(CN1c2ccc(F)cc2-c2ccccc2S1(=O)=O)NC1CC1. The van der Waals surface area contributed by atoms with Crippen LogP contribution >= 0.6 is 0 Å². The molecule has 2 aromatic carbocycles. The van der Waals surface area contributed by atoms with Gasteiger partial charge in [-0.25, -0.2) is 12.8 Å². The Morgan fingerprint density at radius 3 is 2.67 bits per heavy atom. The molecule has 1 fully saturated rings. The van der Waals surface area contributed by atoms with E-state index in [-0.39, 0.29) is 23.4 Å². The van der Waals surface area contributed by atoms with Crippen LogP contribution in [0.1, 0.15) is 12.8 Å². The summed E-state index contributed by atoms with van der Waals surface area (Å²) >= 11 is 0. The van der Waals surface area contributed by atoms with Crippen molar-refractivity contribution >= 4 is 21.6 Å². The van der Waals surface area contributed by atoms with Crippen molar-refractivity contribution in [1.29, 1.82) is 0 Å². The van der Waals surface area contributed by atoms with Crippen molar-refractivity contribution in [3.05, 3.63) is 48.3 Å². The first kappa shape index (κ1) is 15.1. The van der Waals surface area contributed by atoms with Crippen LogP contribution in [0.25, 0.3) is 11.1 Å². The lowest BCUT2D eigenvalue weighted by Crippen LogP contribution is -2.43. The molecular weight excluding hydrogens is 331 g/mol. The zero-order chi connectivity index (χ0) is 16.9. The van der Waals surface area contributed by atoms with Crippen molar-refractivity contribution in [3.63, 3.8) is 0 Å². The van der Waals surface area contributed by atoms with Crippen molar-refractivity contribution in [2.75, 3.05) is 10.8 Å². The van der Waals surface area contributed by atoms with E-state index in [9.17, 15) is 17.6 Å². The van der Waals surface area contributed by atoms with Gasteiger partial charge < -0.3 is 5.32 Å². The molecule has 124 valence electrons. The Morgan fingerprint density at radius 1 is 1.17 bits per heavy atom. The molecule has 1 aliphatic heterocycles. The summed E-state index contributed by atoms with van der Waals surface area (Å²) in [7, 11) is -3.87. The van der Waals surface area contributed by atoms with Gasteiger partial charge in [-0.15, -0.1) is 0 Å². The minimum absolute atomic E-state index is 0.0855. The van der Waals surface area contributed by atoms with E-state index in [0.29, 0.717) is 16.8 Å². The number of amides is 1. The minimum Gasteiger partial charge on any atom is -0.352 e. The number of carbonyl (C=O) groups is 1. The first-order valence-electron chi connectivity index (χ1n) is 7.68. The number of nitrogens with zero attached hydrogens (tertiary/aromatic N) is 1. The van der Waals surface area contributed by atoms with Gasteiger partial charge in [0.25, 0.3) is 10.0 Å². The Hall–Kier alpha value is -2.41. The Kier molecular flexibility index (Phi) is 3.35. The van der Waals surface area contributed by atoms with Crippen LogP contribution in [0.15, 0.2) is 47.4 Å². The topological polar surface area (TPSA) is 66.5 Å². The fourth-order valence-electron chi connectivity index (χ4n) is 2.91. The first-order chi connectivity index (χ1) is 11.5. The molecular formula is C17H15FN2O3S. The highest BCUT2D eigenvalue weighted by Crippen LogP contribution is 2.43. The van der Waals surface area contributed by atoms with Crippen LogP contribution < -0.4 is 9.62 Å². The van der Waals surface area contributed by atoms with Crippen molar-refractivity contribution in [2.45, 2.75) is 23.8 Å². The van der Waals surface area contributed by atoms with Crippen LogP contribution in [0.4, 0.5) is 10.1 Å². The number of sulfonamides is 1. The third-order valence-corrected chi connectivity index (χ3v) is 6.02. The molecule has 24 heavy (non-hydrogen) atoms. The number of rotatable bonds is 3. The van der Waals surface area contributed by atoms with Crippen molar-refractivity contribution < 1.29 is 17.6 Å². The van der Waals surface area contributed by atoms with Gasteiger partial charge in [0.05, 0.1) is 10.6 Å². The van der Waals surface area contributed by atoms with E-state index >= 15 is 0 Å². The zero-order valence-electron chi connectivity index (χ0n) is 12.7. The number of benzene rings is 2. The van der Waals surface area contributed by atoms with Gasteiger partial charge in [-0.3, -0.25) is 9.10 Å². The van der Waals surface area contributed by atoms with E-state index in [1.807, 2.05) is 0 Å². The van der Waals surface area contributed by atoms with Gasteiger partial charge in [-0.1, -0.05) is 18.2 Å². The second-order valence-corrected chi connectivity index (χ2v) is 7.84. The van der Waals surface area contributed by atoms with E-state index in [2.05, 4.69) is 5.32 Å². The number of anilines is 1. The highest BCUT2D eigenvalue weighted by molar-refractivity contribution is 7.93. The Bertz CT molecular complexity index is 939. The predicted molar refractivity (Wildman–Crippen MR) is 87.5 cm³/mol. The summed E-state index contributed by atoms with van der Waals surface area (Å²) in [6, 6.07) is 10.5. The Balaban J connectivity index is 1.83. The van der Waals surface area contributed by atoms with E-state index < -0.39 is 15.8 Å². The summed E-state index contributed by atoms with van der Waals surface area (Å²) in [5.41, 5.74) is 1.24. The molecule has 1 amide bonds. The van der Waals surface area contributed by atoms with Crippen LogP contribution in [0.3, 0.4) is 0 Å². The van der Waals surface area contributed by atoms with Gasteiger partial charge in [0, 0.05) is 17.2 Å². The predicted octanol–water partition coefficient (Wildman–Crippen LogP) is 2.28. The highest BCUT2D eigenvalue weighted by Gasteiger charge is 2.36. The maximum atomic E-state index is 13.7. The summed E-state index contributed by atoms with van der Waals surface area (Å²) in [6.45, 7) is -0.314. The van der Waals surface area contributed by atoms with Crippen molar-refractivity contribution in [2.24, 2.45) is 0 Å². The molecule has 0 aromatic heterocycles. The maximum absolute atomic E-state index is 13.7. The molecule has 1 saturated carbocycles. The average molecular weight is 346 g/mol. The summed E-state index contributed by atoms with van der Waals surface area (Å²) in [4.78, 5) is 12.2. The van der Waals surface area contributed by atoms with Crippen LogP contribution in [0, 0.1) is 5.82 Å². The fourth-order valence-corrected chi connectivity index (χ4v) is 4.55. The molecule has 1 N–H and O–H groups in total. The van der Waals surface area contributed by atoms with Crippen molar-refractivity contribution in [3.8, 4) is 11.1 Å². The van der Waals surface area contributed by atoms with Gasteiger partial charge in [0.15, 0.2) is 0 Å². The van der Waals surface area contributed by atoms with Gasteiger partial charge in [-0.05, 0) is 37.1 Å². The van der Waals surface area contributed by atoms with E-state index in [1.54, 1.807) is 18.2 Å². The van der Waals surface area contributed by atoms with E-state index in [0.717, 1.165) is 17.1 Å². The van der Waals surface area contributed by atoms with Gasteiger partial charge in [-0.2, -0.15) is 0 Å². The van der Waals surface area contributed by atoms with Gasteiger partial charge in [0.1, 0.15) is 12.4 Å². The number of hydrogen-bond acceptors (Lipinski definition) is 3. The Morgan fingerprint density at radius 2 is 1.92 bits per heavy atom. The number of fused-ring (bicyclic) bond motifs is 3. The monoisotopic (exact) mass is 346 g/mol. The zero-order valence-corrected chi connectivity index (χ0v) is 13.5. The maximum Gasteiger partial charge on any atom is 0.265 e. The molecule has 0 radical (unpaired) electrons. The second kappa shape index (κ2) is 5.31. The summed E-state index contributed by atoms with van der Waals surface area (Å²) in [6.07, 6.45) is 1.84. The third-order valence-electron chi connectivity index (χ3n) is 4.20. The van der Waals surface area contributed by atoms with Crippen molar-refractivity contribution in [1.82, 2.24) is 5.32 Å². The molecule has 1 heterocycles. The number of nitrogens with one attached hydrogen (secondary N) is 1. The van der Waals surface area contributed by atoms with Gasteiger partial charge >= 0.3 is 0 Å². The smallest absolute Gasteiger partial charge is 0.265 e. The van der Waals surface area contributed by atoms with Crippen LogP contribution in [-0.4, -0.2) is 26.9 Å². The summed E-state index contributed by atoms with van der Waals surface area (Å²) < 4.78 is 40.6. The van der Waals surface area contributed by atoms with E-state index in [4.69, 9.17) is 0 Å². The molecule has 0 bridgehead atoms. The van der Waals surface area contributed by atoms with Crippen LogP contribution in [0.2, 0.25) is 0 Å². The average Bonchev–Trinajstić information content (AvgIpc) is 3.36. The number of halogens is 1.